The second-order valence-corrected chi connectivity index (χ2v) is 11.6. The molecule has 2 unspecified atom stereocenters. The summed E-state index contributed by atoms with van der Waals surface area (Å²) in [6.45, 7) is 4.44. The number of carbonyl (C=O) groups is 1. The van der Waals surface area contributed by atoms with Gasteiger partial charge in [-0.3, -0.25) is 13.9 Å². The first kappa shape index (κ1) is 26.1. The first-order chi connectivity index (χ1) is 18.2. The summed E-state index contributed by atoms with van der Waals surface area (Å²) < 4.78 is 36.9. The van der Waals surface area contributed by atoms with Gasteiger partial charge >= 0.3 is 5.97 Å². The third kappa shape index (κ3) is 4.97. The molecule has 2 atom stereocenters. The highest BCUT2D eigenvalue weighted by Gasteiger charge is 2.35. The molecule has 0 aliphatic carbocycles. The summed E-state index contributed by atoms with van der Waals surface area (Å²) in [5.74, 6) is -0.372. The molecule has 38 heavy (non-hydrogen) atoms. The molecule has 5 rings (SSSR count). The number of hydrogen-bond donors (Lipinski definition) is 2. The Hall–Kier alpha value is -3.51. The van der Waals surface area contributed by atoms with Crippen LogP contribution in [0.4, 0.5) is 0 Å². The third-order valence-electron chi connectivity index (χ3n) is 6.92. The predicted octanol–water partition coefficient (Wildman–Crippen LogP) is 4.67. The van der Waals surface area contributed by atoms with E-state index in [0.29, 0.717) is 6.54 Å². The van der Waals surface area contributed by atoms with E-state index in [4.69, 9.17) is 9.47 Å². The quantitative estimate of drug-likeness (QED) is 0.338. The lowest BCUT2D eigenvalue weighted by molar-refractivity contribution is -0.140. The van der Waals surface area contributed by atoms with E-state index in [1.54, 1.807) is 27.3 Å². The van der Waals surface area contributed by atoms with Crippen molar-refractivity contribution < 1.29 is 23.4 Å². The van der Waals surface area contributed by atoms with E-state index in [1.165, 1.54) is 7.11 Å². The van der Waals surface area contributed by atoms with Crippen molar-refractivity contribution in [3.8, 4) is 5.88 Å². The Morgan fingerprint density at radius 2 is 1.97 bits per heavy atom. The SMILES string of the molecule is COC(=O)CC(c1ccc(C)c(CN2CC(C)Oc3ncccc3S2(O)O)c1)c1ccc2c(c1)nnn2C. The van der Waals surface area contributed by atoms with Gasteiger partial charge in [-0.15, -0.1) is 15.9 Å². The van der Waals surface area contributed by atoms with Gasteiger partial charge in [0.15, 0.2) is 0 Å². The molecule has 2 aromatic heterocycles. The van der Waals surface area contributed by atoms with Crippen LogP contribution in [0.25, 0.3) is 11.0 Å². The van der Waals surface area contributed by atoms with Gasteiger partial charge in [0.2, 0.25) is 5.88 Å². The number of pyridine rings is 1. The molecule has 2 aromatic carbocycles. The Bertz CT molecular complexity index is 1490. The van der Waals surface area contributed by atoms with Gasteiger partial charge in [0.25, 0.3) is 0 Å². The van der Waals surface area contributed by atoms with Crippen molar-refractivity contribution in [3.63, 3.8) is 0 Å². The maximum atomic E-state index is 12.4. The van der Waals surface area contributed by atoms with Crippen LogP contribution in [0.2, 0.25) is 0 Å². The van der Waals surface area contributed by atoms with Crippen molar-refractivity contribution in [1.29, 1.82) is 0 Å². The molecule has 0 fully saturated rings. The largest absolute Gasteiger partial charge is 0.472 e. The van der Waals surface area contributed by atoms with Crippen LogP contribution in [-0.2, 0) is 23.1 Å². The van der Waals surface area contributed by atoms with Crippen molar-refractivity contribution in [3.05, 3.63) is 77.0 Å². The second kappa shape index (κ2) is 10.3. The van der Waals surface area contributed by atoms with Gasteiger partial charge in [-0.2, -0.15) is 4.31 Å². The summed E-state index contributed by atoms with van der Waals surface area (Å²) in [7, 11) is -0.128. The van der Waals surface area contributed by atoms with Crippen molar-refractivity contribution in [1.82, 2.24) is 24.3 Å². The summed E-state index contributed by atoms with van der Waals surface area (Å²) in [6.07, 6.45) is 1.42. The van der Waals surface area contributed by atoms with Crippen LogP contribution in [0.3, 0.4) is 0 Å². The maximum Gasteiger partial charge on any atom is 0.306 e. The Morgan fingerprint density at radius 3 is 2.76 bits per heavy atom. The molecule has 0 saturated heterocycles. The van der Waals surface area contributed by atoms with E-state index in [9.17, 15) is 13.9 Å². The first-order valence-electron chi connectivity index (χ1n) is 12.3. The minimum absolute atomic E-state index is 0.146. The van der Waals surface area contributed by atoms with Crippen LogP contribution >= 0.6 is 10.8 Å². The summed E-state index contributed by atoms with van der Waals surface area (Å²) >= 11 is 0. The van der Waals surface area contributed by atoms with E-state index in [0.717, 1.165) is 33.3 Å². The molecule has 3 heterocycles. The van der Waals surface area contributed by atoms with Crippen LogP contribution in [0.1, 0.15) is 41.5 Å². The van der Waals surface area contributed by atoms with Crippen molar-refractivity contribution in [2.24, 2.45) is 7.05 Å². The highest BCUT2D eigenvalue weighted by molar-refractivity contribution is 8.22. The van der Waals surface area contributed by atoms with Gasteiger partial charge in [0.05, 0.1) is 25.6 Å². The van der Waals surface area contributed by atoms with Gasteiger partial charge in [0.1, 0.15) is 16.5 Å². The van der Waals surface area contributed by atoms with Gasteiger partial charge in [0, 0.05) is 25.7 Å². The molecule has 2 N–H and O–H groups in total. The summed E-state index contributed by atoms with van der Waals surface area (Å²) in [5, 5.41) is 8.32. The van der Waals surface area contributed by atoms with E-state index in [-0.39, 0.29) is 41.7 Å². The number of esters is 1. The van der Waals surface area contributed by atoms with Crippen LogP contribution in [-0.4, -0.2) is 59.1 Å². The van der Waals surface area contributed by atoms with E-state index >= 15 is 0 Å². The number of methoxy groups -OCH3 is 1. The number of ether oxygens (including phenoxy) is 2. The standard InChI is InChI=1S/C27H31N5O5S/c1-17-7-8-19(22(14-26(33)36-4)20-9-10-24-23(13-20)29-30-31(24)3)12-21(17)16-32-15-18(2)37-27-25(38(32,34)35)6-5-11-28-27/h5-13,18,22,34-35H,14-16H2,1-4H3. The zero-order valence-corrected chi connectivity index (χ0v) is 22.6. The molecule has 0 spiro atoms. The number of aryl methyl sites for hydroxylation is 2. The van der Waals surface area contributed by atoms with Crippen molar-refractivity contribution in [2.45, 2.75) is 43.7 Å². The highest BCUT2D eigenvalue weighted by atomic mass is 32.3. The summed E-state index contributed by atoms with van der Waals surface area (Å²) in [5.41, 5.74) is 5.38. The fourth-order valence-corrected chi connectivity index (χ4v) is 6.42. The van der Waals surface area contributed by atoms with Crippen LogP contribution < -0.4 is 4.74 Å². The number of carbonyl (C=O) groups excluding carboxylic acids is 1. The molecule has 11 heteroatoms. The molecule has 0 radical (unpaired) electrons. The van der Waals surface area contributed by atoms with E-state index in [1.807, 2.05) is 57.3 Å². The number of hydrogen-bond acceptors (Lipinski definition) is 9. The zero-order chi connectivity index (χ0) is 27.0. The van der Waals surface area contributed by atoms with E-state index in [2.05, 4.69) is 15.3 Å². The second-order valence-electron chi connectivity index (χ2n) is 9.56. The minimum atomic E-state index is -3.34. The molecule has 0 saturated carbocycles. The first-order valence-corrected chi connectivity index (χ1v) is 13.8. The molecule has 1 aliphatic rings. The molecular weight excluding hydrogens is 506 g/mol. The number of benzene rings is 2. The Morgan fingerprint density at radius 1 is 1.21 bits per heavy atom. The van der Waals surface area contributed by atoms with Crippen molar-refractivity contribution >= 4 is 27.8 Å². The van der Waals surface area contributed by atoms with Gasteiger partial charge in [-0.25, -0.2) is 9.67 Å². The average molecular weight is 538 g/mol. The molecule has 1 aliphatic heterocycles. The van der Waals surface area contributed by atoms with Gasteiger partial charge < -0.3 is 9.47 Å². The van der Waals surface area contributed by atoms with Crippen LogP contribution in [0.5, 0.6) is 5.88 Å². The van der Waals surface area contributed by atoms with Gasteiger partial charge in [-0.05, 0) is 60.4 Å². The zero-order valence-electron chi connectivity index (χ0n) is 21.7. The normalized spacial score (nSPS) is 18.7. The minimum Gasteiger partial charge on any atom is -0.472 e. The lowest BCUT2D eigenvalue weighted by atomic mass is 9.86. The van der Waals surface area contributed by atoms with Crippen molar-refractivity contribution in [2.75, 3.05) is 13.7 Å². The molecular formula is C27H31N5O5S. The number of nitrogens with zero attached hydrogens (tertiary/aromatic N) is 5. The highest BCUT2D eigenvalue weighted by Crippen LogP contribution is 2.56. The fraction of sp³-hybridized carbons (Fsp3) is 0.333. The monoisotopic (exact) mass is 537 g/mol. The lowest BCUT2D eigenvalue weighted by Crippen LogP contribution is -2.33. The van der Waals surface area contributed by atoms with Crippen LogP contribution in [0.15, 0.2) is 59.6 Å². The number of aromatic nitrogens is 4. The molecule has 200 valence electrons. The third-order valence-corrected chi connectivity index (χ3v) is 8.82. The van der Waals surface area contributed by atoms with Gasteiger partial charge in [-0.1, -0.05) is 29.5 Å². The van der Waals surface area contributed by atoms with Crippen LogP contribution in [0, 0.1) is 6.92 Å². The topological polar surface area (TPSA) is 123 Å². The number of rotatable bonds is 6. The fourth-order valence-electron chi connectivity index (χ4n) is 4.81. The smallest absolute Gasteiger partial charge is 0.306 e. The maximum absolute atomic E-state index is 12.4. The van der Waals surface area contributed by atoms with E-state index < -0.39 is 10.8 Å². The summed E-state index contributed by atoms with van der Waals surface area (Å²) in [4.78, 5) is 16.9. The molecule has 0 bridgehead atoms. The molecule has 0 amide bonds. The Balaban J connectivity index is 1.52. The summed E-state index contributed by atoms with van der Waals surface area (Å²) in [6, 6.07) is 15.2. The molecule has 10 nitrogen and oxygen atoms in total. The molecule has 4 aromatic rings. The average Bonchev–Trinajstić information content (AvgIpc) is 3.23. The Kier molecular flexibility index (Phi) is 7.10. The lowest BCUT2D eigenvalue weighted by Gasteiger charge is -2.41. The Labute approximate surface area is 222 Å². The number of fused-ring (bicyclic) bond motifs is 2. The predicted molar refractivity (Wildman–Crippen MR) is 144 cm³/mol.